The fourth-order valence-electron chi connectivity index (χ4n) is 4.35. The normalized spacial score (nSPS) is 20.5. The van der Waals surface area contributed by atoms with Crippen LogP contribution in [0.4, 0.5) is 0 Å². The van der Waals surface area contributed by atoms with Crippen molar-refractivity contribution in [1.29, 1.82) is 0 Å². The van der Waals surface area contributed by atoms with Crippen molar-refractivity contribution in [2.75, 3.05) is 26.2 Å². The molecule has 2 aromatic carbocycles. The van der Waals surface area contributed by atoms with E-state index in [9.17, 15) is 9.59 Å². The number of nitrogens with one attached hydrogen (secondary N) is 1. The lowest BCUT2D eigenvalue weighted by molar-refractivity contribution is -0.134. The molecule has 29 heavy (non-hydrogen) atoms. The molecule has 1 aromatic heterocycles. The zero-order chi connectivity index (χ0) is 19.8. The van der Waals surface area contributed by atoms with Crippen molar-refractivity contribution in [3.8, 4) is 5.75 Å². The Morgan fingerprint density at radius 2 is 2.03 bits per heavy atom. The van der Waals surface area contributed by atoms with Crippen molar-refractivity contribution in [1.82, 2.24) is 15.4 Å². The number of nitrogens with zero attached hydrogens (tertiary/aromatic N) is 2. The SMILES string of the molecule is O=C1CCC(c2noc3ccc4cc(OCCN5CCCC5)ccc4c23)C(=O)N1. The number of hydrogen-bond acceptors (Lipinski definition) is 6. The van der Waals surface area contributed by atoms with E-state index in [1.54, 1.807) is 0 Å². The molecule has 0 bridgehead atoms. The molecule has 1 unspecified atom stereocenters. The highest BCUT2D eigenvalue weighted by Crippen LogP contribution is 2.36. The molecular formula is C22H23N3O4. The summed E-state index contributed by atoms with van der Waals surface area (Å²) in [5.74, 6) is -0.194. The minimum atomic E-state index is -0.476. The number of benzene rings is 2. The molecule has 2 fully saturated rings. The van der Waals surface area contributed by atoms with Crippen molar-refractivity contribution < 1.29 is 18.8 Å². The van der Waals surface area contributed by atoms with Crippen molar-refractivity contribution in [3.63, 3.8) is 0 Å². The van der Waals surface area contributed by atoms with Crippen LogP contribution in [0.3, 0.4) is 0 Å². The molecule has 3 aromatic rings. The Morgan fingerprint density at radius 1 is 1.17 bits per heavy atom. The lowest BCUT2D eigenvalue weighted by Gasteiger charge is -2.19. The van der Waals surface area contributed by atoms with Crippen LogP contribution >= 0.6 is 0 Å². The Hall–Kier alpha value is -2.93. The third-order valence-corrected chi connectivity index (χ3v) is 5.90. The van der Waals surface area contributed by atoms with Gasteiger partial charge in [-0.25, -0.2) is 0 Å². The van der Waals surface area contributed by atoms with E-state index < -0.39 is 5.92 Å². The number of likely N-dealkylation sites (tertiary alicyclic amines) is 1. The second-order valence-corrected chi connectivity index (χ2v) is 7.79. The van der Waals surface area contributed by atoms with Crippen molar-refractivity contribution in [3.05, 3.63) is 36.0 Å². The summed E-state index contributed by atoms with van der Waals surface area (Å²) in [6, 6.07) is 9.81. The van der Waals surface area contributed by atoms with Gasteiger partial charge < -0.3 is 9.26 Å². The topological polar surface area (TPSA) is 84.7 Å². The number of ether oxygens (including phenoxy) is 1. The maximum atomic E-state index is 12.3. The third-order valence-electron chi connectivity index (χ3n) is 5.90. The summed E-state index contributed by atoms with van der Waals surface area (Å²) in [6.45, 7) is 3.94. The van der Waals surface area contributed by atoms with E-state index in [-0.39, 0.29) is 11.8 Å². The van der Waals surface area contributed by atoms with Gasteiger partial charge in [-0.2, -0.15) is 0 Å². The molecule has 2 saturated heterocycles. The zero-order valence-electron chi connectivity index (χ0n) is 16.1. The second-order valence-electron chi connectivity index (χ2n) is 7.79. The van der Waals surface area contributed by atoms with Crippen LogP contribution < -0.4 is 10.1 Å². The number of piperidine rings is 1. The van der Waals surface area contributed by atoms with Crippen LogP contribution in [0, 0.1) is 0 Å². The number of amides is 2. The molecule has 7 heteroatoms. The van der Waals surface area contributed by atoms with Gasteiger partial charge >= 0.3 is 0 Å². The average Bonchev–Trinajstić information content (AvgIpc) is 3.38. The van der Waals surface area contributed by atoms with Crippen molar-refractivity contribution >= 4 is 33.6 Å². The molecule has 7 nitrogen and oxygen atoms in total. The number of aromatic nitrogens is 1. The molecular weight excluding hydrogens is 370 g/mol. The van der Waals surface area contributed by atoms with Crippen LogP contribution in [0.2, 0.25) is 0 Å². The lowest BCUT2D eigenvalue weighted by Crippen LogP contribution is -2.39. The Bertz CT molecular complexity index is 1080. The molecule has 2 aliphatic rings. The Kier molecular flexibility index (Phi) is 4.67. The third kappa shape index (κ3) is 3.46. The molecule has 0 radical (unpaired) electrons. The number of fused-ring (bicyclic) bond motifs is 3. The van der Waals surface area contributed by atoms with Crippen molar-refractivity contribution in [2.45, 2.75) is 31.6 Å². The summed E-state index contributed by atoms with van der Waals surface area (Å²) in [4.78, 5) is 26.2. The van der Waals surface area contributed by atoms with Gasteiger partial charge in [-0.3, -0.25) is 19.8 Å². The van der Waals surface area contributed by atoms with Gasteiger partial charge in [0, 0.05) is 13.0 Å². The second kappa shape index (κ2) is 7.48. The predicted molar refractivity (Wildman–Crippen MR) is 108 cm³/mol. The first kappa shape index (κ1) is 18.1. The summed E-state index contributed by atoms with van der Waals surface area (Å²) in [5, 5.41) is 9.39. The maximum absolute atomic E-state index is 12.3. The van der Waals surface area contributed by atoms with Crippen LogP contribution in [0.25, 0.3) is 21.7 Å². The van der Waals surface area contributed by atoms with Gasteiger partial charge in [0.05, 0.1) is 11.3 Å². The molecule has 5 rings (SSSR count). The molecule has 2 amide bonds. The Morgan fingerprint density at radius 3 is 2.86 bits per heavy atom. The number of carbonyl (C=O) groups excluding carboxylic acids is 2. The fourth-order valence-corrected chi connectivity index (χ4v) is 4.35. The largest absolute Gasteiger partial charge is 0.492 e. The van der Waals surface area contributed by atoms with E-state index in [0.29, 0.717) is 30.7 Å². The minimum Gasteiger partial charge on any atom is -0.492 e. The number of carbonyl (C=O) groups is 2. The summed E-state index contributed by atoms with van der Waals surface area (Å²) >= 11 is 0. The smallest absolute Gasteiger partial charge is 0.235 e. The highest BCUT2D eigenvalue weighted by Gasteiger charge is 2.32. The van der Waals surface area contributed by atoms with Crippen LogP contribution in [-0.2, 0) is 9.59 Å². The summed E-state index contributed by atoms with van der Waals surface area (Å²) in [6.07, 6.45) is 3.31. The number of rotatable bonds is 5. The first-order chi connectivity index (χ1) is 14.2. The minimum absolute atomic E-state index is 0.236. The highest BCUT2D eigenvalue weighted by atomic mass is 16.5. The molecule has 0 aliphatic carbocycles. The molecule has 2 aliphatic heterocycles. The summed E-state index contributed by atoms with van der Waals surface area (Å²) in [7, 11) is 0. The molecule has 150 valence electrons. The Labute approximate surface area is 168 Å². The highest BCUT2D eigenvalue weighted by molar-refractivity contribution is 6.10. The number of imide groups is 1. The van der Waals surface area contributed by atoms with Gasteiger partial charge in [0.25, 0.3) is 0 Å². The van der Waals surface area contributed by atoms with Crippen LogP contribution in [0.5, 0.6) is 5.75 Å². The van der Waals surface area contributed by atoms with E-state index in [0.717, 1.165) is 41.5 Å². The first-order valence-corrected chi connectivity index (χ1v) is 10.2. The van der Waals surface area contributed by atoms with Crippen molar-refractivity contribution in [2.24, 2.45) is 0 Å². The van der Waals surface area contributed by atoms with Gasteiger partial charge in [0.1, 0.15) is 18.1 Å². The van der Waals surface area contributed by atoms with E-state index in [1.807, 2.05) is 30.3 Å². The van der Waals surface area contributed by atoms with Gasteiger partial charge in [-0.05, 0) is 67.4 Å². The molecule has 3 heterocycles. The predicted octanol–water partition coefficient (Wildman–Crippen LogP) is 2.98. The fraction of sp³-hybridized carbons (Fsp3) is 0.409. The monoisotopic (exact) mass is 393 g/mol. The molecule has 0 saturated carbocycles. The van der Waals surface area contributed by atoms with E-state index >= 15 is 0 Å². The van der Waals surface area contributed by atoms with Gasteiger partial charge in [0.15, 0.2) is 5.58 Å². The lowest BCUT2D eigenvalue weighted by atomic mass is 9.91. The summed E-state index contributed by atoms with van der Waals surface area (Å²) in [5.41, 5.74) is 1.23. The molecule has 1 N–H and O–H groups in total. The van der Waals surface area contributed by atoms with Gasteiger partial charge in [0.2, 0.25) is 11.8 Å². The Balaban J connectivity index is 1.42. The standard InChI is InChI=1S/C22H23N3O4/c26-19-8-6-17(22(27)23-19)21-20-16-5-4-15(28-12-11-25-9-1-2-10-25)13-14(16)3-7-18(20)29-24-21/h3-5,7,13,17H,1-2,6,8-12H2,(H,23,26,27). The molecule has 1 atom stereocenters. The average molecular weight is 393 g/mol. The quantitative estimate of drug-likeness (QED) is 0.671. The van der Waals surface area contributed by atoms with Gasteiger partial charge in [-0.15, -0.1) is 0 Å². The number of hydrogen-bond donors (Lipinski definition) is 1. The van der Waals surface area contributed by atoms with Crippen LogP contribution in [0.1, 0.15) is 37.3 Å². The van der Waals surface area contributed by atoms with Crippen LogP contribution in [-0.4, -0.2) is 48.1 Å². The molecule has 0 spiro atoms. The maximum Gasteiger partial charge on any atom is 0.235 e. The van der Waals surface area contributed by atoms with E-state index in [4.69, 9.17) is 9.26 Å². The zero-order valence-corrected chi connectivity index (χ0v) is 16.1. The summed E-state index contributed by atoms with van der Waals surface area (Å²) < 4.78 is 11.4. The first-order valence-electron chi connectivity index (χ1n) is 10.2. The van der Waals surface area contributed by atoms with Gasteiger partial charge in [-0.1, -0.05) is 11.2 Å². The van der Waals surface area contributed by atoms with Crippen LogP contribution in [0.15, 0.2) is 34.9 Å². The van der Waals surface area contributed by atoms with E-state index in [1.165, 1.54) is 12.8 Å². The van der Waals surface area contributed by atoms with E-state index in [2.05, 4.69) is 15.4 Å².